The molecular formula is C10H15N5. The molecule has 1 aliphatic heterocycles. The Bertz CT molecular complexity index is 393. The van der Waals surface area contributed by atoms with Crippen molar-refractivity contribution in [1.29, 1.82) is 5.41 Å². The van der Waals surface area contributed by atoms with Gasteiger partial charge in [-0.25, -0.2) is 4.98 Å². The number of hydrogen-bond donors (Lipinski definition) is 1. The summed E-state index contributed by atoms with van der Waals surface area (Å²) in [6.07, 6.45) is 4.94. The number of aliphatic imine (C=N–C) groups is 1. The van der Waals surface area contributed by atoms with Crippen LogP contribution < -0.4 is 4.90 Å². The van der Waals surface area contributed by atoms with Crippen LogP contribution in [0.2, 0.25) is 0 Å². The van der Waals surface area contributed by atoms with Crippen molar-refractivity contribution in [3.05, 3.63) is 12.0 Å². The second-order valence-corrected chi connectivity index (χ2v) is 3.40. The lowest BCUT2D eigenvalue weighted by Crippen LogP contribution is -2.28. The molecule has 1 unspecified atom stereocenters. The highest BCUT2D eigenvalue weighted by atomic mass is 15.3. The summed E-state index contributed by atoms with van der Waals surface area (Å²) in [6, 6.07) is -0.212. The van der Waals surface area contributed by atoms with Crippen molar-refractivity contribution in [3.8, 4) is 0 Å². The second-order valence-electron chi connectivity index (χ2n) is 3.40. The van der Waals surface area contributed by atoms with E-state index in [1.807, 2.05) is 6.33 Å². The Morgan fingerprint density at radius 2 is 2.27 bits per heavy atom. The smallest absolute Gasteiger partial charge is 0.139 e. The summed E-state index contributed by atoms with van der Waals surface area (Å²) < 4.78 is 2.08. The van der Waals surface area contributed by atoms with Crippen molar-refractivity contribution in [2.45, 2.75) is 26.4 Å². The van der Waals surface area contributed by atoms with Gasteiger partial charge in [0.1, 0.15) is 17.6 Å². The highest BCUT2D eigenvalue weighted by Gasteiger charge is 2.24. The molecule has 15 heavy (non-hydrogen) atoms. The van der Waals surface area contributed by atoms with Gasteiger partial charge in [-0.05, 0) is 13.8 Å². The van der Waals surface area contributed by atoms with Crippen LogP contribution in [0.25, 0.3) is 0 Å². The second kappa shape index (κ2) is 3.84. The minimum absolute atomic E-state index is 0.212. The van der Waals surface area contributed by atoms with Gasteiger partial charge in [0, 0.05) is 19.3 Å². The van der Waals surface area contributed by atoms with Crippen LogP contribution >= 0.6 is 0 Å². The van der Waals surface area contributed by atoms with Crippen LogP contribution in [0.3, 0.4) is 0 Å². The number of nitrogens with one attached hydrogen (secondary N) is 1. The normalized spacial score (nSPS) is 19.1. The minimum atomic E-state index is -0.212. The van der Waals surface area contributed by atoms with E-state index in [-0.39, 0.29) is 6.04 Å². The summed E-state index contributed by atoms with van der Waals surface area (Å²) in [4.78, 5) is 10.7. The van der Waals surface area contributed by atoms with E-state index >= 15 is 0 Å². The molecule has 80 valence electrons. The summed E-state index contributed by atoms with van der Waals surface area (Å²) in [5.74, 6) is 1.07. The van der Waals surface area contributed by atoms with Crippen molar-refractivity contribution in [2.75, 3.05) is 11.4 Å². The van der Waals surface area contributed by atoms with E-state index < -0.39 is 0 Å². The first kappa shape index (κ1) is 9.89. The van der Waals surface area contributed by atoms with E-state index in [2.05, 4.69) is 33.3 Å². The van der Waals surface area contributed by atoms with Crippen molar-refractivity contribution in [1.82, 2.24) is 9.55 Å². The molecular weight excluding hydrogens is 190 g/mol. The third-order valence-electron chi connectivity index (χ3n) is 2.60. The fourth-order valence-corrected chi connectivity index (χ4v) is 1.77. The standard InChI is InChI=1S/C10H15N5/c1-3-14-6-12-8(5-11)9-10(14)15(4-2)7-13-9/h5-8,11H,3-4H2,1-2H3. The number of aromatic nitrogens is 2. The maximum atomic E-state index is 7.31. The van der Waals surface area contributed by atoms with Gasteiger partial charge < -0.3 is 14.9 Å². The number of rotatable bonds is 3. The van der Waals surface area contributed by atoms with E-state index in [9.17, 15) is 0 Å². The van der Waals surface area contributed by atoms with E-state index in [4.69, 9.17) is 5.41 Å². The summed E-state index contributed by atoms with van der Waals surface area (Å²) in [7, 11) is 0. The first-order valence-electron chi connectivity index (χ1n) is 5.17. The van der Waals surface area contributed by atoms with E-state index in [1.54, 1.807) is 6.34 Å². The molecule has 1 aromatic rings. The lowest BCUT2D eigenvalue weighted by atomic mass is 10.2. The highest BCUT2D eigenvalue weighted by Crippen LogP contribution is 2.29. The summed E-state index contributed by atoms with van der Waals surface area (Å²) in [5.41, 5.74) is 0.885. The van der Waals surface area contributed by atoms with Gasteiger partial charge >= 0.3 is 0 Å². The predicted molar refractivity (Wildman–Crippen MR) is 60.9 cm³/mol. The molecule has 5 nitrogen and oxygen atoms in total. The SMILES string of the molecule is CCN1C=NC(C=N)c2ncn(CC)c21. The van der Waals surface area contributed by atoms with Crippen molar-refractivity contribution in [2.24, 2.45) is 4.99 Å². The molecule has 2 rings (SSSR count). The fraction of sp³-hybridized carbons (Fsp3) is 0.500. The Kier molecular flexibility index (Phi) is 2.53. The lowest BCUT2D eigenvalue weighted by molar-refractivity contribution is 0.745. The molecule has 5 heteroatoms. The molecule has 0 spiro atoms. The van der Waals surface area contributed by atoms with E-state index in [0.717, 1.165) is 24.6 Å². The summed E-state index contributed by atoms with van der Waals surface area (Å²) in [6.45, 7) is 5.92. The van der Waals surface area contributed by atoms with Crippen LogP contribution in [-0.4, -0.2) is 28.6 Å². The van der Waals surface area contributed by atoms with Gasteiger partial charge in [-0.3, -0.25) is 4.99 Å². The number of imidazole rings is 1. The molecule has 1 N–H and O–H groups in total. The zero-order chi connectivity index (χ0) is 10.8. The van der Waals surface area contributed by atoms with Gasteiger partial charge in [0.05, 0.1) is 12.7 Å². The monoisotopic (exact) mass is 205 g/mol. The number of nitrogens with zero attached hydrogens (tertiary/aromatic N) is 4. The van der Waals surface area contributed by atoms with Gasteiger partial charge in [-0.1, -0.05) is 0 Å². The molecule has 0 bridgehead atoms. The number of fused-ring (bicyclic) bond motifs is 1. The van der Waals surface area contributed by atoms with Crippen molar-refractivity contribution >= 4 is 18.4 Å². The van der Waals surface area contributed by atoms with Crippen molar-refractivity contribution < 1.29 is 0 Å². The van der Waals surface area contributed by atoms with Crippen LogP contribution in [0.4, 0.5) is 5.82 Å². The fourth-order valence-electron chi connectivity index (χ4n) is 1.77. The Hall–Kier alpha value is -1.65. The van der Waals surface area contributed by atoms with Crippen LogP contribution in [0, 0.1) is 5.41 Å². The van der Waals surface area contributed by atoms with Crippen LogP contribution in [-0.2, 0) is 6.54 Å². The molecule has 1 aliphatic rings. The van der Waals surface area contributed by atoms with Crippen LogP contribution in [0.15, 0.2) is 11.3 Å². The Morgan fingerprint density at radius 1 is 1.47 bits per heavy atom. The third kappa shape index (κ3) is 1.44. The molecule has 1 atom stereocenters. The molecule has 0 saturated carbocycles. The van der Waals surface area contributed by atoms with Crippen LogP contribution in [0.5, 0.6) is 0 Å². The Morgan fingerprint density at radius 3 is 2.87 bits per heavy atom. The zero-order valence-corrected chi connectivity index (χ0v) is 9.01. The molecule has 0 radical (unpaired) electrons. The number of hydrogen-bond acceptors (Lipinski definition) is 4. The maximum Gasteiger partial charge on any atom is 0.139 e. The first-order valence-corrected chi connectivity index (χ1v) is 5.17. The lowest BCUT2D eigenvalue weighted by Gasteiger charge is -2.25. The van der Waals surface area contributed by atoms with E-state index in [0.29, 0.717) is 0 Å². The van der Waals surface area contributed by atoms with Crippen molar-refractivity contribution in [3.63, 3.8) is 0 Å². The molecule has 0 saturated heterocycles. The maximum absolute atomic E-state index is 7.31. The van der Waals surface area contributed by atoms with Gasteiger partial charge in [-0.15, -0.1) is 0 Å². The first-order chi connectivity index (χ1) is 7.31. The molecule has 0 fully saturated rings. The molecule has 1 aromatic heterocycles. The molecule has 0 amide bonds. The Labute approximate surface area is 89.0 Å². The number of aryl methyl sites for hydroxylation is 1. The molecule has 0 aromatic carbocycles. The number of anilines is 1. The molecule has 2 heterocycles. The third-order valence-corrected chi connectivity index (χ3v) is 2.60. The zero-order valence-electron chi connectivity index (χ0n) is 9.01. The van der Waals surface area contributed by atoms with Gasteiger partial charge in [0.15, 0.2) is 0 Å². The minimum Gasteiger partial charge on any atom is -0.318 e. The quantitative estimate of drug-likeness (QED) is 0.759. The summed E-state index contributed by atoms with van der Waals surface area (Å²) in [5, 5.41) is 7.31. The largest absolute Gasteiger partial charge is 0.318 e. The average molecular weight is 205 g/mol. The highest BCUT2D eigenvalue weighted by molar-refractivity contribution is 5.85. The average Bonchev–Trinajstić information content (AvgIpc) is 2.71. The van der Waals surface area contributed by atoms with E-state index in [1.165, 1.54) is 6.21 Å². The van der Waals surface area contributed by atoms with Gasteiger partial charge in [0.2, 0.25) is 0 Å². The topological polar surface area (TPSA) is 57.3 Å². The van der Waals surface area contributed by atoms with Gasteiger partial charge in [-0.2, -0.15) is 0 Å². The Balaban J connectivity index is 2.50. The molecule has 0 aliphatic carbocycles. The van der Waals surface area contributed by atoms with Gasteiger partial charge in [0.25, 0.3) is 0 Å². The summed E-state index contributed by atoms with van der Waals surface area (Å²) >= 11 is 0. The van der Waals surface area contributed by atoms with Crippen LogP contribution in [0.1, 0.15) is 25.6 Å². The predicted octanol–water partition coefficient (Wildman–Crippen LogP) is 1.46.